The highest BCUT2D eigenvalue weighted by atomic mass is 16.5. The normalized spacial score (nSPS) is 11.7. The predicted octanol–water partition coefficient (Wildman–Crippen LogP) is 2.63. The van der Waals surface area contributed by atoms with Crippen LogP contribution >= 0.6 is 0 Å². The van der Waals surface area contributed by atoms with E-state index >= 15 is 0 Å². The summed E-state index contributed by atoms with van der Waals surface area (Å²) in [6.07, 6.45) is -0.861. The second-order valence-corrected chi connectivity index (χ2v) is 6.78. The van der Waals surface area contributed by atoms with Gasteiger partial charge in [-0.2, -0.15) is 0 Å². The molecule has 2 N–H and O–H groups in total. The first-order valence-electron chi connectivity index (χ1n) is 9.43. The fourth-order valence-electron chi connectivity index (χ4n) is 2.82. The number of hydrogen-bond acceptors (Lipinski definition) is 6. The lowest BCUT2D eigenvalue weighted by Crippen LogP contribution is -2.30. The minimum atomic E-state index is -1.01. The Hall–Kier alpha value is -3.81. The number of rotatable bonds is 7. The van der Waals surface area contributed by atoms with Crippen LogP contribution in [-0.4, -0.2) is 33.7 Å². The van der Waals surface area contributed by atoms with E-state index < -0.39 is 18.0 Å². The number of ether oxygens (including phenoxy) is 1. The third-order valence-corrected chi connectivity index (χ3v) is 4.46. The van der Waals surface area contributed by atoms with E-state index in [0.717, 1.165) is 0 Å². The Morgan fingerprint density at radius 3 is 2.50 bits per heavy atom. The lowest BCUT2D eigenvalue weighted by molar-refractivity contribution is -0.153. The molecule has 154 valence electrons. The zero-order valence-corrected chi connectivity index (χ0v) is 16.6. The van der Waals surface area contributed by atoms with Crippen LogP contribution in [0.1, 0.15) is 36.5 Å². The van der Waals surface area contributed by atoms with Gasteiger partial charge in [-0.25, -0.2) is 4.98 Å². The van der Waals surface area contributed by atoms with Gasteiger partial charge in [0, 0.05) is 17.7 Å². The number of nitrogens with zero attached hydrogens (tertiary/aromatic N) is 1. The van der Waals surface area contributed by atoms with Crippen molar-refractivity contribution in [2.24, 2.45) is 0 Å². The molecule has 1 amide bonds. The van der Waals surface area contributed by atoms with Crippen LogP contribution in [0, 0.1) is 0 Å². The second-order valence-electron chi connectivity index (χ2n) is 6.78. The molecule has 0 saturated carbocycles. The molecule has 3 aromatic rings. The van der Waals surface area contributed by atoms with Crippen molar-refractivity contribution in [2.45, 2.75) is 32.8 Å². The highest BCUT2D eigenvalue weighted by Gasteiger charge is 2.18. The minimum absolute atomic E-state index is 0.0355. The number of esters is 1. The summed E-state index contributed by atoms with van der Waals surface area (Å²) in [6, 6.07) is 13.3. The molecule has 0 spiro atoms. The van der Waals surface area contributed by atoms with Crippen LogP contribution in [0.25, 0.3) is 10.9 Å². The fourth-order valence-corrected chi connectivity index (χ4v) is 2.82. The Morgan fingerprint density at radius 1 is 1.10 bits per heavy atom. The maximum Gasteiger partial charge on any atom is 0.307 e. The molecule has 0 saturated heterocycles. The van der Waals surface area contributed by atoms with Crippen LogP contribution in [0.4, 0.5) is 5.69 Å². The van der Waals surface area contributed by atoms with Crippen molar-refractivity contribution in [3.8, 4) is 0 Å². The van der Waals surface area contributed by atoms with Crippen molar-refractivity contribution in [1.29, 1.82) is 0 Å². The largest absolute Gasteiger partial charge is 0.453 e. The first kappa shape index (κ1) is 20.9. The molecule has 0 aliphatic heterocycles. The van der Waals surface area contributed by atoms with E-state index in [-0.39, 0.29) is 24.2 Å². The number of Topliss-reactive ketones (excluding diaryl/α,β-unsaturated/α-hetero) is 1. The number of fused-ring (bicyclic) bond motifs is 1. The molecule has 8 heteroatoms. The highest BCUT2D eigenvalue weighted by molar-refractivity contribution is 5.97. The number of aryl methyl sites for hydroxylation is 1. The minimum Gasteiger partial charge on any atom is -0.453 e. The van der Waals surface area contributed by atoms with Gasteiger partial charge < -0.3 is 15.0 Å². The molecule has 0 aliphatic carbocycles. The number of carbonyl (C=O) groups excluding carboxylic acids is 3. The van der Waals surface area contributed by atoms with E-state index in [9.17, 15) is 19.2 Å². The summed E-state index contributed by atoms with van der Waals surface area (Å²) in [5.41, 5.74) is 1.30. The first-order valence-corrected chi connectivity index (χ1v) is 9.43. The van der Waals surface area contributed by atoms with Crippen LogP contribution in [0.5, 0.6) is 0 Å². The van der Waals surface area contributed by atoms with Crippen LogP contribution in [-0.2, 0) is 20.7 Å². The number of ketones is 1. The van der Waals surface area contributed by atoms with Gasteiger partial charge >= 0.3 is 5.97 Å². The Morgan fingerprint density at radius 2 is 1.80 bits per heavy atom. The van der Waals surface area contributed by atoms with Crippen molar-refractivity contribution in [3.63, 3.8) is 0 Å². The molecular weight excluding hydrogens is 386 g/mol. The monoisotopic (exact) mass is 407 g/mol. The molecular formula is C22H21N3O5. The number of para-hydroxylation sites is 1. The van der Waals surface area contributed by atoms with Crippen molar-refractivity contribution >= 4 is 34.3 Å². The van der Waals surface area contributed by atoms with E-state index in [2.05, 4.69) is 15.3 Å². The molecule has 0 bridgehead atoms. The summed E-state index contributed by atoms with van der Waals surface area (Å²) in [5.74, 6) is -0.771. The molecule has 2 aromatic carbocycles. The molecule has 0 radical (unpaired) electrons. The van der Waals surface area contributed by atoms with E-state index in [1.54, 1.807) is 48.5 Å². The quantitative estimate of drug-likeness (QED) is 0.459. The van der Waals surface area contributed by atoms with Gasteiger partial charge in [-0.3, -0.25) is 19.2 Å². The average molecular weight is 407 g/mol. The number of nitrogens with one attached hydrogen (secondary N) is 2. The maximum absolute atomic E-state index is 12.2. The molecule has 3 rings (SSSR count). The van der Waals surface area contributed by atoms with Crippen LogP contribution < -0.4 is 10.9 Å². The summed E-state index contributed by atoms with van der Waals surface area (Å²) in [5, 5.41) is 3.10. The summed E-state index contributed by atoms with van der Waals surface area (Å²) in [6.45, 7) is 2.92. The number of amides is 1. The smallest absolute Gasteiger partial charge is 0.307 e. The number of anilines is 1. The van der Waals surface area contributed by atoms with E-state index in [4.69, 9.17) is 4.74 Å². The third-order valence-electron chi connectivity index (χ3n) is 4.46. The standard InChI is InChI=1S/C22H21N3O5/c1-13(26)15-7-9-16(10-8-15)23-21(28)14(2)30-20(27)12-11-19-24-18-6-4-3-5-17(18)22(29)25-19/h3-10,14H,11-12H2,1-2H3,(H,23,28)(H,24,25,29)/t14-/m1/s1. The zero-order valence-electron chi connectivity index (χ0n) is 16.6. The molecule has 1 heterocycles. The summed E-state index contributed by atoms with van der Waals surface area (Å²) >= 11 is 0. The van der Waals surface area contributed by atoms with Gasteiger partial charge in [-0.1, -0.05) is 12.1 Å². The SMILES string of the molecule is CC(=O)c1ccc(NC(=O)[C@@H](C)OC(=O)CCc2nc3ccccc3c(=O)[nH]2)cc1. The van der Waals surface area contributed by atoms with Gasteiger partial charge in [0.15, 0.2) is 11.9 Å². The van der Waals surface area contributed by atoms with Crippen molar-refractivity contribution in [2.75, 3.05) is 5.32 Å². The van der Waals surface area contributed by atoms with Gasteiger partial charge in [-0.15, -0.1) is 0 Å². The Bertz CT molecular complexity index is 1150. The summed E-state index contributed by atoms with van der Waals surface area (Å²) < 4.78 is 5.16. The highest BCUT2D eigenvalue weighted by Crippen LogP contribution is 2.12. The van der Waals surface area contributed by atoms with E-state index in [0.29, 0.717) is 28.0 Å². The number of carbonyl (C=O) groups is 3. The van der Waals surface area contributed by atoms with Crippen LogP contribution in [0.2, 0.25) is 0 Å². The number of benzene rings is 2. The van der Waals surface area contributed by atoms with Crippen molar-refractivity contribution < 1.29 is 19.1 Å². The lowest BCUT2D eigenvalue weighted by atomic mass is 10.1. The zero-order chi connectivity index (χ0) is 21.7. The molecule has 1 atom stereocenters. The number of aromatic nitrogens is 2. The van der Waals surface area contributed by atoms with Gasteiger partial charge in [0.1, 0.15) is 5.82 Å². The number of aromatic amines is 1. The number of H-pyrrole nitrogens is 1. The Kier molecular flexibility index (Phi) is 6.36. The van der Waals surface area contributed by atoms with Crippen LogP contribution in [0.3, 0.4) is 0 Å². The van der Waals surface area contributed by atoms with Gasteiger partial charge in [0.05, 0.1) is 17.3 Å². The molecule has 0 aliphatic rings. The molecule has 0 fully saturated rings. The van der Waals surface area contributed by atoms with Crippen LogP contribution in [0.15, 0.2) is 53.3 Å². The fraction of sp³-hybridized carbons (Fsp3) is 0.227. The molecule has 0 unspecified atom stereocenters. The van der Waals surface area contributed by atoms with E-state index in [1.807, 2.05) is 0 Å². The topological polar surface area (TPSA) is 118 Å². The van der Waals surface area contributed by atoms with Gasteiger partial charge in [0.2, 0.25) is 0 Å². The van der Waals surface area contributed by atoms with Crippen molar-refractivity contribution in [3.05, 3.63) is 70.3 Å². The second kappa shape index (κ2) is 9.13. The maximum atomic E-state index is 12.2. The average Bonchev–Trinajstić information content (AvgIpc) is 2.72. The molecule has 8 nitrogen and oxygen atoms in total. The van der Waals surface area contributed by atoms with E-state index in [1.165, 1.54) is 13.8 Å². The van der Waals surface area contributed by atoms with Gasteiger partial charge in [0.25, 0.3) is 11.5 Å². The Balaban J connectivity index is 1.53. The predicted molar refractivity (Wildman–Crippen MR) is 111 cm³/mol. The Labute approximate surface area is 172 Å². The van der Waals surface area contributed by atoms with Gasteiger partial charge in [-0.05, 0) is 50.2 Å². The molecule has 1 aromatic heterocycles. The number of hydrogen-bond donors (Lipinski definition) is 2. The van der Waals surface area contributed by atoms with Crippen molar-refractivity contribution in [1.82, 2.24) is 9.97 Å². The summed E-state index contributed by atoms with van der Waals surface area (Å²) in [4.78, 5) is 54.6. The summed E-state index contributed by atoms with van der Waals surface area (Å²) in [7, 11) is 0. The lowest BCUT2D eigenvalue weighted by Gasteiger charge is -2.13. The molecule has 30 heavy (non-hydrogen) atoms. The first-order chi connectivity index (χ1) is 14.3. The third kappa shape index (κ3) is 5.16.